The molecule has 0 aliphatic heterocycles. The van der Waals surface area contributed by atoms with Crippen LogP contribution in [0.15, 0.2) is 60.7 Å². The van der Waals surface area contributed by atoms with E-state index in [9.17, 15) is 5.11 Å². The van der Waals surface area contributed by atoms with Crippen LogP contribution in [0.5, 0.6) is 0 Å². The highest BCUT2D eigenvalue weighted by molar-refractivity contribution is 9.09. The maximum absolute atomic E-state index is 10.2. The normalized spacial score (nSPS) is 14.4. The fraction of sp³-hybridized carbons (Fsp3) is 0.143. The summed E-state index contributed by atoms with van der Waals surface area (Å²) in [6, 6.07) is 19.6. The van der Waals surface area contributed by atoms with Gasteiger partial charge in [-0.15, -0.1) is 0 Å². The molecule has 0 unspecified atom stereocenters. The molecule has 2 heteroatoms. The summed E-state index contributed by atoms with van der Waals surface area (Å²) < 4.78 is 0. The lowest BCUT2D eigenvalue weighted by atomic mass is 10.0. The van der Waals surface area contributed by atoms with Crippen LogP contribution in [0.2, 0.25) is 0 Å². The fourth-order valence-corrected chi connectivity index (χ4v) is 2.25. The molecular weight excluding hydrogens is 264 g/mol. The van der Waals surface area contributed by atoms with E-state index in [-0.39, 0.29) is 4.83 Å². The van der Waals surface area contributed by atoms with Crippen LogP contribution in [-0.2, 0) is 0 Å². The topological polar surface area (TPSA) is 20.2 Å². The maximum Gasteiger partial charge on any atom is 0.0955 e. The van der Waals surface area contributed by atoms with Crippen LogP contribution in [0, 0.1) is 0 Å². The molecule has 2 rings (SSSR count). The smallest absolute Gasteiger partial charge is 0.0955 e. The zero-order valence-corrected chi connectivity index (χ0v) is 10.3. The predicted molar refractivity (Wildman–Crippen MR) is 69.5 cm³/mol. The lowest BCUT2D eigenvalue weighted by molar-refractivity contribution is 0.177. The standard InChI is InChI=1S/C14H13BrO/c15-13(11-7-3-1-4-8-11)14(16)12-9-5-2-6-10-12/h1-10,13-14,16H/t13-,14+/m0/s1. The van der Waals surface area contributed by atoms with Crippen LogP contribution in [0.3, 0.4) is 0 Å². The van der Waals surface area contributed by atoms with Gasteiger partial charge in [0, 0.05) is 0 Å². The fourth-order valence-electron chi connectivity index (χ4n) is 1.64. The highest BCUT2D eigenvalue weighted by Crippen LogP contribution is 2.35. The van der Waals surface area contributed by atoms with Crippen molar-refractivity contribution in [3.8, 4) is 0 Å². The number of aliphatic hydroxyl groups excluding tert-OH is 1. The molecule has 0 bridgehead atoms. The number of alkyl halides is 1. The SMILES string of the molecule is O[C@H](c1ccccc1)[C@@H](Br)c1ccccc1. The summed E-state index contributed by atoms with van der Waals surface area (Å²) in [4.78, 5) is -0.0731. The van der Waals surface area contributed by atoms with Crippen molar-refractivity contribution in [2.45, 2.75) is 10.9 Å². The van der Waals surface area contributed by atoms with Gasteiger partial charge in [-0.3, -0.25) is 0 Å². The van der Waals surface area contributed by atoms with Crippen LogP contribution < -0.4 is 0 Å². The molecule has 0 saturated heterocycles. The van der Waals surface area contributed by atoms with Gasteiger partial charge in [-0.25, -0.2) is 0 Å². The van der Waals surface area contributed by atoms with Crippen molar-refractivity contribution in [1.29, 1.82) is 0 Å². The quantitative estimate of drug-likeness (QED) is 0.845. The lowest BCUT2D eigenvalue weighted by Crippen LogP contribution is -2.04. The van der Waals surface area contributed by atoms with Gasteiger partial charge in [0.05, 0.1) is 10.9 Å². The molecule has 0 fully saturated rings. The number of benzene rings is 2. The summed E-state index contributed by atoms with van der Waals surface area (Å²) in [5.41, 5.74) is 2.01. The van der Waals surface area contributed by atoms with Gasteiger partial charge in [-0.05, 0) is 11.1 Å². The Kier molecular flexibility index (Phi) is 3.75. The van der Waals surface area contributed by atoms with Crippen molar-refractivity contribution in [3.05, 3.63) is 71.8 Å². The Bertz CT molecular complexity index is 384. The third kappa shape index (κ3) is 2.52. The van der Waals surface area contributed by atoms with E-state index in [2.05, 4.69) is 15.9 Å². The average Bonchev–Trinajstić information content (AvgIpc) is 2.39. The van der Waals surface area contributed by atoms with Gasteiger partial charge in [-0.2, -0.15) is 0 Å². The second kappa shape index (κ2) is 5.28. The van der Waals surface area contributed by atoms with Gasteiger partial charge in [0.25, 0.3) is 0 Å². The monoisotopic (exact) mass is 276 g/mol. The molecule has 2 aromatic rings. The molecule has 0 radical (unpaired) electrons. The van der Waals surface area contributed by atoms with E-state index in [4.69, 9.17) is 0 Å². The van der Waals surface area contributed by atoms with Gasteiger partial charge in [0.2, 0.25) is 0 Å². The number of halogens is 1. The Labute approximate surface area is 104 Å². The van der Waals surface area contributed by atoms with Crippen molar-refractivity contribution >= 4 is 15.9 Å². The van der Waals surface area contributed by atoms with Gasteiger partial charge in [-0.1, -0.05) is 76.6 Å². The molecule has 0 amide bonds. The zero-order chi connectivity index (χ0) is 11.4. The molecule has 0 saturated carbocycles. The zero-order valence-electron chi connectivity index (χ0n) is 8.75. The van der Waals surface area contributed by atoms with Crippen LogP contribution in [0.25, 0.3) is 0 Å². The van der Waals surface area contributed by atoms with E-state index in [0.29, 0.717) is 0 Å². The molecule has 0 aliphatic carbocycles. The van der Waals surface area contributed by atoms with Gasteiger partial charge in [0.1, 0.15) is 0 Å². The molecule has 82 valence electrons. The Hall–Kier alpha value is -1.12. The first-order valence-electron chi connectivity index (χ1n) is 5.21. The molecule has 0 spiro atoms. The number of hydrogen-bond acceptors (Lipinski definition) is 1. The van der Waals surface area contributed by atoms with Crippen molar-refractivity contribution in [3.63, 3.8) is 0 Å². The minimum Gasteiger partial charge on any atom is -0.387 e. The molecule has 0 heterocycles. The van der Waals surface area contributed by atoms with E-state index < -0.39 is 6.10 Å². The minimum atomic E-state index is -0.524. The molecule has 2 atom stereocenters. The van der Waals surface area contributed by atoms with Crippen LogP contribution in [0.1, 0.15) is 22.1 Å². The molecule has 16 heavy (non-hydrogen) atoms. The summed E-state index contributed by atoms with van der Waals surface area (Å²) in [6.45, 7) is 0. The van der Waals surface area contributed by atoms with E-state index in [1.807, 2.05) is 60.7 Å². The molecular formula is C14H13BrO. The Morgan fingerprint density at radius 2 is 1.19 bits per heavy atom. The van der Waals surface area contributed by atoms with Crippen molar-refractivity contribution in [2.75, 3.05) is 0 Å². The molecule has 1 N–H and O–H groups in total. The van der Waals surface area contributed by atoms with Crippen LogP contribution in [0.4, 0.5) is 0 Å². The summed E-state index contributed by atoms with van der Waals surface area (Å²) in [7, 11) is 0. The van der Waals surface area contributed by atoms with Crippen molar-refractivity contribution < 1.29 is 5.11 Å². The van der Waals surface area contributed by atoms with Gasteiger partial charge >= 0.3 is 0 Å². The first-order chi connectivity index (χ1) is 7.79. The first-order valence-corrected chi connectivity index (χ1v) is 6.12. The second-order valence-electron chi connectivity index (χ2n) is 3.67. The third-order valence-electron chi connectivity index (χ3n) is 2.54. The summed E-state index contributed by atoms with van der Waals surface area (Å²) >= 11 is 3.54. The molecule has 2 aromatic carbocycles. The summed E-state index contributed by atoms with van der Waals surface area (Å²) in [5.74, 6) is 0. The minimum absolute atomic E-state index is 0.0731. The Balaban J connectivity index is 2.20. The summed E-state index contributed by atoms with van der Waals surface area (Å²) in [6.07, 6.45) is -0.524. The largest absolute Gasteiger partial charge is 0.387 e. The van der Waals surface area contributed by atoms with E-state index in [1.165, 1.54) is 0 Å². The molecule has 0 aliphatic rings. The molecule has 0 aromatic heterocycles. The van der Waals surface area contributed by atoms with Crippen LogP contribution in [-0.4, -0.2) is 5.11 Å². The third-order valence-corrected chi connectivity index (χ3v) is 3.57. The Morgan fingerprint density at radius 1 is 0.750 bits per heavy atom. The number of rotatable bonds is 3. The van der Waals surface area contributed by atoms with E-state index >= 15 is 0 Å². The number of hydrogen-bond donors (Lipinski definition) is 1. The van der Waals surface area contributed by atoms with Crippen molar-refractivity contribution in [1.82, 2.24) is 0 Å². The first kappa shape index (κ1) is 11.4. The van der Waals surface area contributed by atoms with Gasteiger partial charge in [0.15, 0.2) is 0 Å². The summed E-state index contributed by atoms with van der Waals surface area (Å²) in [5, 5.41) is 10.2. The number of aliphatic hydroxyl groups is 1. The Morgan fingerprint density at radius 3 is 1.69 bits per heavy atom. The molecule has 1 nitrogen and oxygen atoms in total. The van der Waals surface area contributed by atoms with E-state index in [0.717, 1.165) is 11.1 Å². The highest BCUT2D eigenvalue weighted by atomic mass is 79.9. The highest BCUT2D eigenvalue weighted by Gasteiger charge is 2.18. The van der Waals surface area contributed by atoms with E-state index in [1.54, 1.807) is 0 Å². The maximum atomic E-state index is 10.2. The van der Waals surface area contributed by atoms with Gasteiger partial charge < -0.3 is 5.11 Å². The average molecular weight is 277 g/mol. The lowest BCUT2D eigenvalue weighted by Gasteiger charge is -2.17. The second-order valence-corrected chi connectivity index (χ2v) is 4.65. The predicted octanol–water partition coefficient (Wildman–Crippen LogP) is 3.86. The van der Waals surface area contributed by atoms with Crippen LogP contribution >= 0.6 is 15.9 Å². The van der Waals surface area contributed by atoms with Crippen molar-refractivity contribution in [2.24, 2.45) is 0 Å².